The highest BCUT2D eigenvalue weighted by atomic mass is 19.1. The van der Waals surface area contributed by atoms with E-state index in [9.17, 15) is 13.2 Å². The predicted molar refractivity (Wildman–Crippen MR) is 79.7 cm³/mol. The minimum absolute atomic E-state index is 0.141. The van der Waals surface area contributed by atoms with Crippen molar-refractivity contribution in [3.05, 3.63) is 59.4 Å². The molecule has 1 aliphatic rings. The number of rotatable bonds is 1. The van der Waals surface area contributed by atoms with Crippen molar-refractivity contribution in [2.24, 2.45) is 4.99 Å². The molecule has 0 amide bonds. The summed E-state index contributed by atoms with van der Waals surface area (Å²) < 4.78 is 41.6. The smallest absolute Gasteiger partial charge is 0.206 e. The van der Waals surface area contributed by atoms with Crippen LogP contribution in [0.1, 0.15) is 5.56 Å². The Morgan fingerprint density at radius 2 is 1.73 bits per heavy atom. The van der Waals surface area contributed by atoms with Gasteiger partial charge in [-0.05, 0) is 30.3 Å². The van der Waals surface area contributed by atoms with Gasteiger partial charge < -0.3 is 9.80 Å². The first kappa shape index (κ1) is 14.4. The van der Waals surface area contributed by atoms with Crippen molar-refractivity contribution in [2.75, 3.05) is 19.0 Å². The zero-order valence-electron chi connectivity index (χ0n) is 12.1. The molecule has 0 aromatic heterocycles. The monoisotopic (exact) mass is 305 g/mol. The molecule has 1 heterocycles. The maximum atomic E-state index is 14.1. The molecule has 0 saturated heterocycles. The van der Waals surface area contributed by atoms with Crippen LogP contribution < -0.4 is 4.90 Å². The Labute approximate surface area is 126 Å². The fourth-order valence-electron chi connectivity index (χ4n) is 2.47. The average Bonchev–Trinajstić information content (AvgIpc) is 2.46. The largest absolute Gasteiger partial charge is 0.348 e. The number of aliphatic imine (C=N–C) groups is 1. The van der Waals surface area contributed by atoms with Crippen LogP contribution in [0.25, 0.3) is 0 Å². The van der Waals surface area contributed by atoms with E-state index in [2.05, 4.69) is 4.99 Å². The number of hydrogen-bond donors (Lipinski definition) is 0. The minimum atomic E-state index is -0.686. The highest BCUT2D eigenvalue weighted by Gasteiger charge is 2.27. The van der Waals surface area contributed by atoms with Crippen molar-refractivity contribution in [3.8, 4) is 0 Å². The second kappa shape index (κ2) is 5.36. The normalized spacial score (nSPS) is 13.7. The fraction of sp³-hybridized carbons (Fsp3) is 0.188. The Hall–Kier alpha value is -2.50. The predicted octanol–water partition coefficient (Wildman–Crippen LogP) is 3.67. The van der Waals surface area contributed by atoms with Gasteiger partial charge in [-0.1, -0.05) is 6.07 Å². The van der Waals surface area contributed by atoms with Gasteiger partial charge in [0.15, 0.2) is 0 Å². The lowest BCUT2D eigenvalue weighted by atomic mass is 10.1. The topological polar surface area (TPSA) is 18.8 Å². The van der Waals surface area contributed by atoms with Gasteiger partial charge in [-0.3, -0.25) is 0 Å². The molecular weight excluding hydrogens is 291 g/mol. The maximum absolute atomic E-state index is 14.1. The Morgan fingerprint density at radius 3 is 2.36 bits per heavy atom. The molecule has 0 fully saturated rings. The number of guanidine groups is 1. The summed E-state index contributed by atoms with van der Waals surface area (Å²) in [5.41, 5.74) is 0.983. The Bertz CT molecular complexity index is 736. The minimum Gasteiger partial charge on any atom is -0.348 e. The molecule has 3 nitrogen and oxygen atoms in total. The lowest BCUT2D eigenvalue weighted by Crippen LogP contribution is -2.42. The van der Waals surface area contributed by atoms with Gasteiger partial charge in [0.2, 0.25) is 5.96 Å². The molecule has 0 N–H and O–H groups in total. The molecule has 0 unspecified atom stereocenters. The first-order valence-electron chi connectivity index (χ1n) is 6.73. The molecule has 0 radical (unpaired) electrons. The molecule has 22 heavy (non-hydrogen) atoms. The summed E-state index contributed by atoms with van der Waals surface area (Å²) >= 11 is 0. The van der Waals surface area contributed by atoms with Crippen LogP contribution in [0.2, 0.25) is 0 Å². The molecule has 2 aromatic carbocycles. The second-order valence-electron chi connectivity index (χ2n) is 5.24. The van der Waals surface area contributed by atoms with E-state index in [1.54, 1.807) is 25.1 Å². The van der Waals surface area contributed by atoms with E-state index in [4.69, 9.17) is 0 Å². The third-order valence-electron chi connectivity index (χ3n) is 3.44. The molecule has 6 heteroatoms. The summed E-state index contributed by atoms with van der Waals surface area (Å²) in [6.07, 6.45) is 0. The van der Waals surface area contributed by atoms with E-state index in [1.165, 1.54) is 35.2 Å². The molecule has 2 aromatic rings. The van der Waals surface area contributed by atoms with E-state index in [0.29, 0.717) is 17.2 Å². The SMILES string of the molecule is CN(C)C1=Nc2ccc(F)cc2CN1c1c(F)cccc1F. The van der Waals surface area contributed by atoms with Crippen LogP contribution in [0, 0.1) is 17.5 Å². The number of halogens is 3. The Balaban J connectivity index is 2.16. The van der Waals surface area contributed by atoms with Crippen molar-refractivity contribution >= 4 is 17.3 Å². The molecule has 1 aliphatic heterocycles. The molecule has 0 spiro atoms. The molecular formula is C16H14F3N3. The Morgan fingerprint density at radius 1 is 1.05 bits per heavy atom. The average molecular weight is 305 g/mol. The van der Waals surface area contributed by atoms with E-state index in [1.807, 2.05) is 0 Å². The van der Waals surface area contributed by atoms with Crippen molar-refractivity contribution in [2.45, 2.75) is 6.54 Å². The standard InChI is InChI=1S/C16H14F3N3/c1-21(2)16-20-14-7-6-11(17)8-10(14)9-22(16)15-12(18)4-3-5-13(15)19/h3-8H,9H2,1-2H3. The molecule has 0 saturated carbocycles. The number of fused-ring (bicyclic) bond motifs is 1. The van der Waals surface area contributed by atoms with Crippen molar-refractivity contribution in [3.63, 3.8) is 0 Å². The van der Waals surface area contributed by atoms with Crippen LogP contribution in [0.4, 0.5) is 24.5 Å². The van der Waals surface area contributed by atoms with Gasteiger partial charge in [-0.25, -0.2) is 18.2 Å². The van der Waals surface area contributed by atoms with E-state index in [0.717, 1.165) is 0 Å². The third kappa shape index (κ3) is 2.41. The van der Waals surface area contributed by atoms with Gasteiger partial charge in [-0.15, -0.1) is 0 Å². The molecule has 0 aliphatic carbocycles. The summed E-state index contributed by atoms with van der Waals surface area (Å²) in [5.74, 6) is -1.39. The maximum Gasteiger partial charge on any atom is 0.206 e. The second-order valence-corrected chi connectivity index (χ2v) is 5.24. The molecule has 0 atom stereocenters. The van der Waals surface area contributed by atoms with Crippen LogP contribution in [0.5, 0.6) is 0 Å². The summed E-state index contributed by atoms with van der Waals surface area (Å²) in [7, 11) is 3.47. The first-order valence-corrected chi connectivity index (χ1v) is 6.73. The van der Waals surface area contributed by atoms with Crippen molar-refractivity contribution in [1.29, 1.82) is 0 Å². The summed E-state index contributed by atoms with van der Waals surface area (Å²) in [5, 5.41) is 0. The summed E-state index contributed by atoms with van der Waals surface area (Å²) in [6, 6.07) is 7.88. The van der Waals surface area contributed by atoms with Crippen molar-refractivity contribution in [1.82, 2.24) is 4.90 Å². The number of anilines is 1. The number of hydrogen-bond acceptors (Lipinski definition) is 3. The zero-order chi connectivity index (χ0) is 15.9. The molecule has 114 valence electrons. The first-order chi connectivity index (χ1) is 10.5. The van der Waals surface area contributed by atoms with Gasteiger partial charge in [0.05, 0.1) is 12.2 Å². The quantitative estimate of drug-likeness (QED) is 0.800. The number of benzene rings is 2. The summed E-state index contributed by atoms with van der Waals surface area (Å²) in [4.78, 5) is 7.47. The van der Waals surface area contributed by atoms with Gasteiger partial charge in [0, 0.05) is 19.7 Å². The van der Waals surface area contributed by atoms with Crippen LogP contribution in [0.3, 0.4) is 0 Å². The molecule has 0 bridgehead atoms. The van der Waals surface area contributed by atoms with Gasteiger partial charge in [0.25, 0.3) is 0 Å². The number of nitrogens with zero attached hydrogens (tertiary/aromatic N) is 3. The molecule has 3 rings (SSSR count). The zero-order valence-corrected chi connectivity index (χ0v) is 12.1. The third-order valence-corrected chi connectivity index (χ3v) is 3.44. The number of para-hydroxylation sites is 1. The van der Waals surface area contributed by atoms with E-state index >= 15 is 0 Å². The van der Waals surface area contributed by atoms with Crippen molar-refractivity contribution < 1.29 is 13.2 Å². The van der Waals surface area contributed by atoms with Gasteiger partial charge in [-0.2, -0.15) is 0 Å². The lowest BCUT2D eigenvalue weighted by molar-refractivity contribution is 0.561. The van der Waals surface area contributed by atoms with Crippen LogP contribution in [-0.2, 0) is 6.54 Å². The fourth-order valence-corrected chi connectivity index (χ4v) is 2.47. The van der Waals surface area contributed by atoms with E-state index in [-0.39, 0.29) is 12.2 Å². The highest BCUT2D eigenvalue weighted by molar-refractivity contribution is 5.99. The van der Waals surface area contributed by atoms with Crippen LogP contribution in [0.15, 0.2) is 41.4 Å². The van der Waals surface area contributed by atoms with Gasteiger partial charge >= 0.3 is 0 Å². The summed E-state index contributed by atoms with van der Waals surface area (Å²) in [6.45, 7) is 0.141. The van der Waals surface area contributed by atoms with Gasteiger partial charge in [0.1, 0.15) is 23.1 Å². The van der Waals surface area contributed by atoms with Crippen LogP contribution in [-0.4, -0.2) is 25.0 Å². The Kier molecular flexibility index (Phi) is 3.52. The highest BCUT2D eigenvalue weighted by Crippen LogP contribution is 2.33. The van der Waals surface area contributed by atoms with Crippen LogP contribution >= 0.6 is 0 Å². The lowest BCUT2D eigenvalue weighted by Gasteiger charge is -2.34. The van der Waals surface area contributed by atoms with E-state index < -0.39 is 17.5 Å².